The van der Waals surface area contributed by atoms with Crippen LogP contribution < -0.4 is 15.0 Å². The molecule has 0 radical (unpaired) electrons. The van der Waals surface area contributed by atoms with E-state index in [0.29, 0.717) is 31.8 Å². The summed E-state index contributed by atoms with van der Waals surface area (Å²) in [6.07, 6.45) is -2.83. The molecule has 2 N–H and O–H groups in total. The highest BCUT2D eigenvalue weighted by Gasteiger charge is 2.37. The van der Waals surface area contributed by atoms with Crippen molar-refractivity contribution in [2.45, 2.75) is 78.7 Å². The van der Waals surface area contributed by atoms with Crippen LogP contribution in [-0.4, -0.2) is 83.9 Å². The van der Waals surface area contributed by atoms with Gasteiger partial charge in [-0.15, -0.1) is 0 Å². The van der Waals surface area contributed by atoms with Crippen molar-refractivity contribution in [1.29, 1.82) is 0 Å². The van der Waals surface area contributed by atoms with Crippen LogP contribution in [0.5, 0.6) is 5.75 Å². The van der Waals surface area contributed by atoms with E-state index in [0.717, 1.165) is 21.8 Å². The highest BCUT2D eigenvalue weighted by atomic mass is 16.6. The molecule has 1 saturated heterocycles. The van der Waals surface area contributed by atoms with Crippen LogP contribution in [-0.2, 0) is 27.2 Å². The monoisotopic (exact) mass is 614 g/mol. The smallest absolute Gasteiger partial charge is 0.425 e. The molecule has 0 bridgehead atoms. The number of aryl methyl sites for hydroxylation is 1. The van der Waals surface area contributed by atoms with Crippen molar-refractivity contribution in [3.8, 4) is 5.75 Å². The third-order valence-corrected chi connectivity index (χ3v) is 6.63. The van der Waals surface area contributed by atoms with Crippen LogP contribution in [0, 0.1) is 12.8 Å². The summed E-state index contributed by atoms with van der Waals surface area (Å²) >= 11 is 0. The number of carboxylic acid groups (broad SMARTS) is 1. The van der Waals surface area contributed by atoms with E-state index in [9.17, 15) is 19.5 Å². The maximum atomic E-state index is 13.2. The van der Waals surface area contributed by atoms with Crippen LogP contribution in [0.2, 0.25) is 0 Å². The van der Waals surface area contributed by atoms with Crippen LogP contribution in [0.1, 0.15) is 58.4 Å². The van der Waals surface area contributed by atoms with Crippen molar-refractivity contribution in [3.05, 3.63) is 53.2 Å². The van der Waals surface area contributed by atoms with Gasteiger partial charge in [-0.25, -0.2) is 19.4 Å². The number of hydrogen-bond acceptors (Lipinski definition) is 9. The average Bonchev–Trinajstić information content (AvgIpc) is 3.29. The second-order valence-electron chi connectivity index (χ2n) is 12.8. The van der Waals surface area contributed by atoms with E-state index in [2.05, 4.69) is 10.3 Å². The molecular formula is C32H46N4O8. The molecule has 0 spiro atoms. The van der Waals surface area contributed by atoms with E-state index < -0.39 is 29.5 Å². The Balaban J connectivity index is 1.75. The van der Waals surface area contributed by atoms with Crippen molar-refractivity contribution < 1.29 is 38.4 Å². The minimum atomic E-state index is -1.02. The maximum absolute atomic E-state index is 13.2. The summed E-state index contributed by atoms with van der Waals surface area (Å²) in [5, 5.41) is 13.0. The molecule has 0 aliphatic carbocycles. The number of nitrogens with one attached hydrogen (secondary N) is 1. The van der Waals surface area contributed by atoms with E-state index >= 15 is 0 Å². The number of benzene rings is 1. The number of aromatic nitrogens is 1. The van der Waals surface area contributed by atoms with Crippen LogP contribution >= 0.6 is 0 Å². The number of ether oxygens (including phenoxy) is 4. The fraction of sp³-hybridized carbons (Fsp3) is 0.562. The van der Waals surface area contributed by atoms with E-state index in [1.807, 2.05) is 37.3 Å². The zero-order valence-corrected chi connectivity index (χ0v) is 27.0. The van der Waals surface area contributed by atoms with Gasteiger partial charge in [0.15, 0.2) is 0 Å². The second-order valence-corrected chi connectivity index (χ2v) is 12.8. The number of imide groups is 1. The number of methoxy groups -OCH3 is 1. The fourth-order valence-corrected chi connectivity index (χ4v) is 4.82. The Morgan fingerprint density at radius 1 is 1.02 bits per heavy atom. The number of pyridine rings is 1. The Morgan fingerprint density at radius 2 is 1.66 bits per heavy atom. The fourth-order valence-electron chi connectivity index (χ4n) is 4.82. The molecule has 3 rings (SSSR count). The van der Waals surface area contributed by atoms with Gasteiger partial charge in [-0.1, -0.05) is 18.2 Å². The Hall–Kier alpha value is -3.90. The Kier molecular flexibility index (Phi) is 11.6. The predicted molar refractivity (Wildman–Crippen MR) is 165 cm³/mol. The van der Waals surface area contributed by atoms with Gasteiger partial charge >= 0.3 is 18.3 Å². The molecule has 1 aliphatic heterocycles. The van der Waals surface area contributed by atoms with Crippen LogP contribution in [0.4, 0.5) is 20.2 Å². The van der Waals surface area contributed by atoms with Crippen LogP contribution in [0.15, 0.2) is 36.4 Å². The van der Waals surface area contributed by atoms with Crippen LogP contribution in [0.3, 0.4) is 0 Å². The zero-order valence-electron chi connectivity index (χ0n) is 27.0. The summed E-state index contributed by atoms with van der Waals surface area (Å²) in [6.45, 7) is 14.1. The first-order valence-electron chi connectivity index (χ1n) is 14.7. The van der Waals surface area contributed by atoms with Crippen molar-refractivity contribution in [2.75, 3.05) is 38.3 Å². The third kappa shape index (κ3) is 10.4. The first-order chi connectivity index (χ1) is 20.6. The topological polar surface area (TPSA) is 140 Å². The summed E-state index contributed by atoms with van der Waals surface area (Å²) in [5.74, 6) is 0.671. The number of amides is 3. The van der Waals surface area contributed by atoms with E-state index in [1.54, 1.807) is 54.7 Å². The molecule has 1 aliphatic rings. The molecular weight excluding hydrogens is 568 g/mol. The summed E-state index contributed by atoms with van der Waals surface area (Å²) in [5.41, 5.74) is 0.644. The zero-order chi connectivity index (χ0) is 32.7. The van der Waals surface area contributed by atoms with Crippen LogP contribution in [0.25, 0.3) is 0 Å². The third-order valence-electron chi connectivity index (χ3n) is 6.63. The molecule has 2 atom stereocenters. The number of carbonyl (C=O) groups excluding carboxylic acids is 2. The van der Waals surface area contributed by atoms with Crippen molar-refractivity contribution in [3.63, 3.8) is 0 Å². The number of hydrogen-bond donors (Lipinski definition) is 2. The molecule has 12 nitrogen and oxygen atoms in total. The molecule has 1 fully saturated rings. The quantitative estimate of drug-likeness (QED) is 0.334. The van der Waals surface area contributed by atoms with Crippen molar-refractivity contribution in [2.24, 2.45) is 5.92 Å². The summed E-state index contributed by atoms with van der Waals surface area (Å²) in [7, 11) is 1.63. The summed E-state index contributed by atoms with van der Waals surface area (Å²) < 4.78 is 22.6. The highest BCUT2D eigenvalue weighted by Crippen LogP contribution is 2.27. The molecule has 12 heteroatoms. The van der Waals surface area contributed by atoms with Gasteiger partial charge in [-0.2, -0.15) is 4.90 Å². The van der Waals surface area contributed by atoms with Gasteiger partial charge in [0.05, 0.1) is 26.4 Å². The maximum Gasteiger partial charge on any atom is 0.425 e. The van der Waals surface area contributed by atoms with Gasteiger partial charge < -0.3 is 34.3 Å². The molecule has 242 valence electrons. The number of carbonyl (C=O) groups is 3. The number of nitrogens with zero attached hydrogens (tertiary/aromatic N) is 3. The average molecular weight is 615 g/mol. The molecule has 44 heavy (non-hydrogen) atoms. The SMILES string of the molecule is COc1ccccc1CNCCOC1CN(C(=O)O)CC1Cc1cc(C)cc(N(C(=O)OC(C)(C)C)C(=O)OC(C)(C)C)n1. The first-order valence-corrected chi connectivity index (χ1v) is 14.7. The Morgan fingerprint density at radius 3 is 2.25 bits per heavy atom. The van der Waals surface area contributed by atoms with Gasteiger partial charge in [-0.05, 0) is 78.6 Å². The molecule has 0 saturated carbocycles. The summed E-state index contributed by atoms with van der Waals surface area (Å²) in [4.78, 5) is 45.0. The lowest BCUT2D eigenvalue weighted by molar-refractivity contribution is 0.0357. The lowest BCUT2D eigenvalue weighted by Crippen LogP contribution is -2.44. The molecule has 2 heterocycles. The Labute approximate surface area is 259 Å². The van der Waals surface area contributed by atoms with Crippen molar-refractivity contribution >= 4 is 24.1 Å². The van der Waals surface area contributed by atoms with Crippen molar-refractivity contribution in [1.82, 2.24) is 15.2 Å². The predicted octanol–water partition coefficient (Wildman–Crippen LogP) is 5.40. The molecule has 2 aromatic rings. The largest absolute Gasteiger partial charge is 0.496 e. The van der Waals surface area contributed by atoms with E-state index in [-0.39, 0.29) is 30.9 Å². The number of rotatable bonds is 10. The minimum Gasteiger partial charge on any atom is -0.496 e. The summed E-state index contributed by atoms with van der Waals surface area (Å²) in [6, 6.07) is 11.2. The van der Waals surface area contributed by atoms with Gasteiger partial charge in [-0.3, -0.25) is 0 Å². The van der Waals surface area contributed by atoms with E-state index in [1.165, 1.54) is 4.90 Å². The van der Waals surface area contributed by atoms with Gasteiger partial charge in [0, 0.05) is 36.8 Å². The number of anilines is 1. The first kappa shape index (κ1) is 34.6. The molecule has 3 amide bonds. The van der Waals surface area contributed by atoms with E-state index in [4.69, 9.17) is 18.9 Å². The molecule has 1 aromatic heterocycles. The number of likely N-dealkylation sites (tertiary alicyclic amines) is 1. The lowest BCUT2D eigenvalue weighted by atomic mass is 9.98. The standard InChI is InChI=1S/C32H46N4O8/c1-21-15-24(34-27(16-21)36(29(39)43-31(2,3)4)30(40)44-32(5,6)7)17-23-19-35(28(37)38)20-26(23)42-14-13-33-18-22-11-9-10-12-25(22)41-8/h9-12,15-16,23,26,33H,13-14,17-20H2,1-8H3,(H,37,38). The van der Waals surface area contributed by atoms with Gasteiger partial charge in [0.1, 0.15) is 22.8 Å². The Bertz CT molecular complexity index is 1280. The van der Waals surface area contributed by atoms with Gasteiger partial charge in [0.2, 0.25) is 0 Å². The number of para-hydroxylation sites is 1. The van der Waals surface area contributed by atoms with Gasteiger partial charge in [0.25, 0.3) is 0 Å². The second kappa shape index (κ2) is 14.7. The normalized spacial score (nSPS) is 16.9. The highest BCUT2D eigenvalue weighted by molar-refractivity contribution is 6.08. The lowest BCUT2D eigenvalue weighted by Gasteiger charge is -2.28. The molecule has 2 unspecified atom stereocenters. The minimum absolute atomic E-state index is 0.0644. The molecule has 1 aromatic carbocycles.